The van der Waals surface area contributed by atoms with Crippen LogP contribution in [0.4, 0.5) is 13.2 Å². The molecule has 0 atom stereocenters. The summed E-state index contributed by atoms with van der Waals surface area (Å²) in [7, 11) is 2.75. The Hall–Kier alpha value is -2.44. The Bertz CT molecular complexity index is 707. The monoisotopic (exact) mass is 299 g/mol. The van der Waals surface area contributed by atoms with Crippen LogP contribution in [0.15, 0.2) is 41.3 Å². The van der Waals surface area contributed by atoms with E-state index in [1.54, 1.807) is 12.1 Å². The van der Waals surface area contributed by atoms with Crippen molar-refractivity contribution in [3.05, 3.63) is 52.4 Å². The largest absolute Gasteiger partial charge is 0.493 e. The molecule has 2 aromatic rings. The quantitative estimate of drug-likeness (QED) is 0.875. The predicted octanol–water partition coefficient (Wildman–Crippen LogP) is 2.87. The van der Waals surface area contributed by atoms with Crippen LogP contribution in [0.25, 0.3) is 5.69 Å². The first-order valence-electron chi connectivity index (χ1n) is 5.89. The van der Waals surface area contributed by atoms with Gasteiger partial charge < -0.3 is 9.47 Å². The van der Waals surface area contributed by atoms with Crippen molar-refractivity contribution >= 4 is 0 Å². The first-order chi connectivity index (χ1) is 9.88. The van der Waals surface area contributed by atoms with Crippen LogP contribution in [0.5, 0.6) is 11.5 Å². The number of alkyl halides is 3. The molecule has 0 unspecified atom stereocenters. The number of methoxy groups -OCH3 is 2. The minimum absolute atomic E-state index is 0.174. The topological polar surface area (TPSA) is 40.5 Å². The average Bonchev–Trinajstić information content (AvgIpc) is 2.45. The third-order valence-electron chi connectivity index (χ3n) is 2.88. The summed E-state index contributed by atoms with van der Waals surface area (Å²) in [6, 6.07) is 6.22. The number of benzene rings is 1. The van der Waals surface area contributed by atoms with Gasteiger partial charge in [-0.15, -0.1) is 0 Å². The molecule has 0 fully saturated rings. The second-order valence-corrected chi connectivity index (χ2v) is 4.14. The molecule has 112 valence electrons. The Labute approximate surface area is 118 Å². The zero-order valence-corrected chi connectivity index (χ0v) is 11.3. The molecular weight excluding hydrogens is 287 g/mol. The van der Waals surface area contributed by atoms with E-state index in [1.807, 2.05) is 0 Å². The highest BCUT2D eigenvalue weighted by atomic mass is 19.4. The van der Waals surface area contributed by atoms with Crippen LogP contribution < -0.4 is 15.0 Å². The van der Waals surface area contributed by atoms with E-state index in [2.05, 4.69) is 0 Å². The van der Waals surface area contributed by atoms with E-state index in [-0.39, 0.29) is 11.4 Å². The summed E-state index contributed by atoms with van der Waals surface area (Å²) in [6.07, 6.45) is -3.80. The summed E-state index contributed by atoms with van der Waals surface area (Å²) in [5.41, 5.74) is -1.35. The smallest absolute Gasteiger partial charge is 0.417 e. The number of nitrogens with zero attached hydrogens (tertiary/aromatic N) is 1. The normalized spacial score (nSPS) is 11.3. The van der Waals surface area contributed by atoms with E-state index < -0.39 is 17.3 Å². The second kappa shape index (κ2) is 5.51. The number of halogens is 3. The number of hydrogen-bond acceptors (Lipinski definition) is 3. The minimum atomic E-state index is -4.54. The highest BCUT2D eigenvalue weighted by Crippen LogP contribution is 2.34. The van der Waals surface area contributed by atoms with Crippen molar-refractivity contribution in [3.8, 4) is 17.2 Å². The lowest BCUT2D eigenvalue weighted by atomic mass is 10.2. The van der Waals surface area contributed by atoms with Gasteiger partial charge in [0.05, 0.1) is 25.5 Å². The van der Waals surface area contributed by atoms with Gasteiger partial charge in [0.25, 0.3) is 5.56 Å². The first kappa shape index (κ1) is 15.0. The molecule has 0 aliphatic rings. The molecule has 0 N–H and O–H groups in total. The molecular formula is C14H12F3NO3. The van der Waals surface area contributed by atoms with Crippen LogP contribution in [0, 0.1) is 0 Å². The molecule has 0 aliphatic carbocycles. The van der Waals surface area contributed by atoms with Crippen molar-refractivity contribution in [2.24, 2.45) is 0 Å². The average molecular weight is 299 g/mol. The fraction of sp³-hybridized carbons (Fsp3) is 0.214. The van der Waals surface area contributed by atoms with Gasteiger partial charge in [-0.1, -0.05) is 6.07 Å². The van der Waals surface area contributed by atoms with Crippen molar-refractivity contribution in [2.45, 2.75) is 6.18 Å². The number of pyridine rings is 1. The minimum Gasteiger partial charge on any atom is -0.493 e. The molecule has 0 aliphatic heterocycles. The number of para-hydroxylation sites is 1. The van der Waals surface area contributed by atoms with Crippen molar-refractivity contribution in [3.63, 3.8) is 0 Å². The van der Waals surface area contributed by atoms with Gasteiger partial charge in [0.2, 0.25) is 0 Å². The Morgan fingerprint density at radius 1 is 1.05 bits per heavy atom. The van der Waals surface area contributed by atoms with E-state index in [4.69, 9.17) is 9.47 Å². The van der Waals surface area contributed by atoms with Crippen LogP contribution in [0.2, 0.25) is 0 Å². The van der Waals surface area contributed by atoms with Crippen molar-refractivity contribution in [2.75, 3.05) is 14.2 Å². The number of ether oxygens (including phenoxy) is 2. The van der Waals surface area contributed by atoms with Gasteiger partial charge in [-0.3, -0.25) is 9.36 Å². The van der Waals surface area contributed by atoms with Crippen molar-refractivity contribution in [1.29, 1.82) is 0 Å². The second-order valence-electron chi connectivity index (χ2n) is 4.14. The van der Waals surface area contributed by atoms with E-state index in [1.165, 1.54) is 20.3 Å². The maximum atomic E-state index is 12.8. The van der Waals surface area contributed by atoms with Gasteiger partial charge >= 0.3 is 6.18 Å². The Balaban J connectivity index is 2.70. The van der Waals surface area contributed by atoms with Gasteiger partial charge in [-0.05, 0) is 18.2 Å². The fourth-order valence-electron chi connectivity index (χ4n) is 1.90. The van der Waals surface area contributed by atoms with Crippen LogP contribution in [0.3, 0.4) is 0 Å². The first-order valence-corrected chi connectivity index (χ1v) is 5.89. The van der Waals surface area contributed by atoms with Crippen LogP contribution in [-0.2, 0) is 6.18 Å². The summed E-state index contributed by atoms with van der Waals surface area (Å²) in [5.74, 6) is 0.501. The Morgan fingerprint density at radius 3 is 2.33 bits per heavy atom. The maximum absolute atomic E-state index is 12.8. The lowest BCUT2D eigenvalue weighted by Gasteiger charge is -2.15. The maximum Gasteiger partial charge on any atom is 0.417 e. The van der Waals surface area contributed by atoms with Gasteiger partial charge in [0.1, 0.15) is 0 Å². The summed E-state index contributed by atoms with van der Waals surface area (Å²) in [6.45, 7) is 0. The van der Waals surface area contributed by atoms with Crippen LogP contribution >= 0.6 is 0 Å². The third kappa shape index (κ3) is 2.86. The van der Waals surface area contributed by atoms with Gasteiger partial charge in [0.15, 0.2) is 11.5 Å². The predicted molar refractivity (Wildman–Crippen MR) is 70.1 cm³/mol. The molecule has 2 rings (SSSR count). The van der Waals surface area contributed by atoms with E-state index in [0.29, 0.717) is 5.75 Å². The molecule has 0 radical (unpaired) electrons. The Kier molecular flexibility index (Phi) is 3.93. The standard InChI is InChI=1S/C14H12F3NO3/c1-20-11-5-3-4-10(13(11)21-2)18-8-9(14(15,16)17)6-7-12(18)19/h3-8H,1-2H3. The fourth-order valence-corrected chi connectivity index (χ4v) is 1.90. The van der Waals surface area contributed by atoms with Gasteiger partial charge in [-0.25, -0.2) is 0 Å². The van der Waals surface area contributed by atoms with Gasteiger partial charge in [-0.2, -0.15) is 13.2 Å². The third-order valence-corrected chi connectivity index (χ3v) is 2.88. The number of aromatic nitrogens is 1. The molecule has 4 nitrogen and oxygen atoms in total. The molecule has 0 bridgehead atoms. The van der Waals surface area contributed by atoms with Crippen molar-refractivity contribution in [1.82, 2.24) is 4.57 Å². The molecule has 1 aromatic carbocycles. The zero-order valence-electron chi connectivity index (χ0n) is 11.3. The van der Waals surface area contributed by atoms with E-state index in [0.717, 1.165) is 22.9 Å². The Morgan fingerprint density at radius 2 is 1.76 bits per heavy atom. The summed E-state index contributed by atoms with van der Waals surface area (Å²) in [5, 5.41) is 0. The highest BCUT2D eigenvalue weighted by molar-refractivity contribution is 5.56. The molecule has 0 saturated carbocycles. The molecule has 1 aromatic heterocycles. The lowest BCUT2D eigenvalue weighted by molar-refractivity contribution is -0.138. The van der Waals surface area contributed by atoms with Gasteiger partial charge in [0, 0.05) is 12.3 Å². The molecule has 0 amide bonds. The molecule has 1 heterocycles. The summed E-state index contributed by atoms with van der Waals surface area (Å²) < 4.78 is 49.4. The van der Waals surface area contributed by atoms with Crippen molar-refractivity contribution < 1.29 is 22.6 Å². The number of rotatable bonds is 3. The highest BCUT2D eigenvalue weighted by Gasteiger charge is 2.31. The zero-order chi connectivity index (χ0) is 15.6. The molecule has 0 spiro atoms. The molecule has 7 heteroatoms. The summed E-state index contributed by atoms with van der Waals surface area (Å²) >= 11 is 0. The van der Waals surface area contributed by atoms with E-state index >= 15 is 0 Å². The SMILES string of the molecule is COc1cccc(-n2cc(C(F)(F)F)ccc2=O)c1OC. The molecule has 0 saturated heterocycles. The van der Waals surface area contributed by atoms with E-state index in [9.17, 15) is 18.0 Å². The lowest BCUT2D eigenvalue weighted by Crippen LogP contribution is -2.20. The number of hydrogen-bond donors (Lipinski definition) is 0. The van der Waals surface area contributed by atoms with Crippen LogP contribution in [-0.4, -0.2) is 18.8 Å². The van der Waals surface area contributed by atoms with Crippen LogP contribution in [0.1, 0.15) is 5.56 Å². The summed E-state index contributed by atoms with van der Waals surface area (Å²) in [4.78, 5) is 11.9. The molecule has 21 heavy (non-hydrogen) atoms.